The zero-order valence-corrected chi connectivity index (χ0v) is 18.9. The van der Waals surface area contributed by atoms with Gasteiger partial charge in [0.2, 0.25) is 5.95 Å². The molecule has 2 heterocycles. The molecule has 1 aliphatic heterocycles. The Morgan fingerprint density at radius 3 is 2.57 bits per heavy atom. The second-order valence-electron chi connectivity index (χ2n) is 7.82. The zero-order chi connectivity index (χ0) is 19.5. The topological polar surface area (TPSA) is 53.1 Å². The summed E-state index contributed by atoms with van der Waals surface area (Å²) in [6, 6.07) is 9.28. The molecule has 0 spiro atoms. The highest BCUT2D eigenvalue weighted by atomic mass is 79.9. The summed E-state index contributed by atoms with van der Waals surface area (Å²) >= 11 is 5.63. The Kier molecular flexibility index (Phi) is 6.43. The SMILES string of the molecule is CN(C)c1nc(N[C@H]2CC[C@@H](NCC3=CC(Br)CS3)CC2)nc2ccccc12. The first kappa shape index (κ1) is 20.0. The second kappa shape index (κ2) is 9.01. The minimum absolute atomic E-state index is 0.446. The van der Waals surface area contributed by atoms with Gasteiger partial charge in [-0.05, 0) is 42.7 Å². The van der Waals surface area contributed by atoms with Gasteiger partial charge < -0.3 is 15.5 Å². The maximum absolute atomic E-state index is 4.78. The summed E-state index contributed by atoms with van der Waals surface area (Å²) in [7, 11) is 4.07. The number of thioether (sulfide) groups is 1. The van der Waals surface area contributed by atoms with E-state index >= 15 is 0 Å². The van der Waals surface area contributed by atoms with Gasteiger partial charge in [-0.2, -0.15) is 4.98 Å². The van der Waals surface area contributed by atoms with Crippen molar-refractivity contribution in [3.05, 3.63) is 35.2 Å². The fourth-order valence-corrected chi connectivity index (χ4v) is 5.74. The molecule has 0 bridgehead atoms. The van der Waals surface area contributed by atoms with E-state index < -0.39 is 0 Å². The number of rotatable bonds is 6. The Hall–Kier alpha value is -1.31. The molecule has 4 rings (SSSR count). The Balaban J connectivity index is 1.34. The fraction of sp³-hybridized carbons (Fsp3) is 0.524. The minimum atomic E-state index is 0.446. The number of para-hydroxylation sites is 1. The van der Waals surface area contributed by atoms with E-state index in [-0.39, 0.29) is 0 Å². The van der Waals surface area contributed by atoms with Crippen molar-refractivity contribution >= 4 is 50.4 Å². The number of anilines is 2. The Morgan fingerprint density at radius 2 is 1.86 bits per heavy atom. The summed E-state index contributed by atoms with van der Waals surface area (Å²) in [6.07, 6.45) is 7.03. The molecule has 7 heteroatoms. The second-order valence-corrected chi connectivity index (χ2v) is 10.1. The van der Waals surface area contributed by atoms with Gasteiger partial charge in [0, 0.05) is 48.7 Å². The number of benzene rings is 1. The van der Waals surface area contributed by atoms with Crippen LogP contribution in [0.5, 0.6) is 0 Å². The number of hydrogen-bond donors (Lipinski definition) is 2. The van der Waals surface area contributed by atoms with E-state index in [1.54, 1.807) is 0 Å². The molecular formula is C21H28BrN5S. The van der Waals surface area contributed by atoms with E-state index in [1.807, 2.05) is 38.0 Å². The van der Waals surface area contributed by atoms with Crippen molar-refractivity contribution < 1.29 is 0 Å². The molecule has 2 N–H and O–H groups in total. The van der Waals surface area contributed by atoms with E-state index in [4.69, 9.17) is 9.97 Å². The summed E-state index contributed by atoms with van der Waals surface area (Å²) < 4.78 is 0. The first-order chi connectivity index (χ1) is 13.6. The number of aromatic nitrogens is 2. The predicted octanol–water partition coefficient (Wildman–Crippen LogP) is 4.40. The van der Waals surface area contributed by atoms with Crippen molar-refractivity contribution in [3.8, 4) is 0 Å². The minimum Gasteiger partial charge on any atom is -0.362 e. The number of alkyl halides is 1. The zero-order valence-electron chi connectivity index (χ0n) is 16.5. The van der Waals surface area contributed by atoms with E-state index in [1.165, 1.54) is 17.7 Å². The summed E-state index contributed by atoms with van der Waals surface area (Å²) in [5.41, 5.74) is 0.992. The predicted molar refractivity (Wildman–Crippen MR) is 125 cm³/mol. The van der Waals surface area contributed by atoms with Crippen LogP contribution in [0.3, 0.4) is 0 Å². The van der Waals surface area contributed by atoms with Crippen LogP contribution in [0.1, 0.15) is 25.7 Å². The van der Waals surface area contributed by atoms with Gasteiger partial charge in [-0.25, -0.2) is 4.98 Å². The third kappa shape index (κ3) is 4.81. The average Bonchev–Trinajstić information content (AvgIpc) is 3.12. The van der Waals surface area contributed by atoms with Crippen LogP contribution in [0.4, 0.5) is 11.8 Å². The molecule has 0 saturated heterocycles. The van der Waals surface area contributed by atoms with Crippen LogP contribution in [-0.2, 0) is 0 Å². The van der Waals surface area contributed by atoms with Crippen molar-refractivity contribution in [1.82, 2.24) is 15.3 Å². The molecule has 0 amide bonds. The Morgan fingerprint density at radius 1 is 1.11 bits per heavy atom. The molecule has 1 aromatic heterocycles. The Bertz CT molecular complexity index is 848. The lowest BCUT2D eigenvalue weighted by molar-refractivity contribution is 0.362. The number of hydrogen-bond acceptors (Lipinski definition) is 6. The quantitative estimate of drug-likeness (QED) is 0.621. The molecule has 1 atom stereocenters. The standard InChI is InChI=1S/C21H28BrN5S/c1-27(2)20-18-5-3-4-6-19(18)25-21(26-20)24-16-9-7-15(8-10-16)23-12-17-11-14(22)13-28-17/h3-6,11,14-16,23H,7-10,12-13H2,1-2H3,(H,24,25,26)/t14?,15-,16+. The van der Waals surface area contributed by atoms with Crippen molar-refractivity contribution in [1.29, 1.82) is 0 Å². The number of nitrogens with zero attached hydrogens (tertiary/aromatic N) is 3. The van der Waals surface area contributed by atoms with Crippen LogP contribution in [0.2, 0.25) is 0 Å². The molecule has 28 heavy (non-hydrogen) atoms. The van der Waals surface area contributed by atoms with Gasteiger partial charge in [0.15, 0.2) is 0 Å². The molecule has 1 aromatic carbocycles. The lowest BCUT2D eigenvalue weighted by atomic mass is 9.91. The fourth-order valence-electron chi connectivity index (χ4n) is 3.93. The molecule has 2 aliphatic rings. The highest BCUT2D eigenvalue weighted by molar-refractivity contribution is 9.09. The van der Waals surface area contributed by atoms with Crippen LogP contribution in [0.15, 0.2) is 35.2 Å². The Labute approximate surface area is 179 Å². The third-order valence-corrected chi connectivity index (χ3v) is 7.62. The van der Waals surface area contributed by atoms with E-state index in [2.05, 4.69) is 49.7 Å². The molecule has 1 unspecified atom stereocenters. The van der Waals surface area contributed by atoms with Crippen molar-refractivity contribution in [2.45, 2.75) is 42.6 Å². The molecule has 1 fully saturated rings. The average molecular weight is 462 g/mol. The van der Waals surface area contributed by atoms with E-state index in [0.717, 1.165) is 47.8 Å². The largest absolute Gasteiger partial charge is 0.362 e. The van der Waals surface area contributed by atoms with Gasteiger partial charge in [-0.1, -0.05) is 34.1 Å². The normalized spacial score (nSPS) is 25.0. The number of fused-ring (bicyclic) bond motifs is 1. The molecule has 2 aromatic rings. The van der Waals surface area contributed by atoms with Gasteiger partial charge in [-0.3, -0.25) is 0 Å². The number of allylic oxidation sites excluding steroid dienone is 1. The van der Waals surface area contributed by atoms with Crippen molar-refractivity contribution in [2.24, 2.45) is 0 Å². The summed E-state index contributed by atoms with van der Waals surface area (Å²) in [4.78, 5) is 13.6. The van der Waals surface area contributed by atoms with Gasteiger partial charge in [-0.15, -0.1) is 11.8 Å². The summed E-state index contributed by atoms with van der Waals surface area (Å²) in [5, 5.41) is 8.43. The van der Waals surface area contributed by atoms with Crippen LogP contribution < -0.4 is 15.5 Å². The van der Waals surface area contributed by atoms with Gasteiger partial charge in [0.1, 0.15) is 5.82 Å². The molecule has 5 nitrogen and oxygen atoms in total. The van der Waals surface area contributed by atoms with Crippen molar-refractivity contribution in [2.75, 3.05) is 36.6 Å². The van der Waals surface area contributed by atoms with Crippen LogP contribution in [0.25, 0.3) is 10.9 Å². The van der Waals surface area contributed by atoms with Crippen LogP contribution in [0, 0.1) is 0 Å². The van der Waals surface area contributed by atoms with Gasteiger partial charge in [0.05, 0.1) is 5.52 Å². The maximum atomic E-state index is 4.78. The number of halogens is 1. The molecule has 1 saturated carbocycles. The number of nitrogens with one attached hydrogen (secondary N) is 2. The molecular weight excluding hydrogens is 434 g/mol. The summed E-state index contributed by atoms with van der Waals surface area (Å²) in [6.45, 7) is 1.01. The lowest BCUT2D eigenvalue weighted by Gasteiger charge is -2.30. The molecule has 150 valence electrons. The highest BCUT2D eigenvalue weighted by Gasteiger charge is 2.23. The van der Waals surface area contributed by atoms with Gasteiger partial charge >= 0.3 is 0 Å². The van der Waals surface area contributed by atoms with Gasteiger partial charge in [0.25, 0.3) is 0 Å². The summed E-state index contributed by atoms with van der Waals surface area (Å²) in [5.74, 6) is 2.87. The van der Waals surface area contributed by atoms with Crippen molar-refractivity contribution in [3.63, 3.8) is 0 Å². The maximum Gasteiger partial charge on any atom is 0.225 e. The first-order valence-electron chi connectivity index (χ1n) is 10.00. The first-order valence-corrected chi connectivity index (χ1v) is 11.9. The van der Waals surface area contributed by atoms with Crippen LogP contribution >= 0.6 is 27.7 Å². The third-order valence-electron chi connectivity index (χ3n) is 5.43. The monoisotopic (exact) mass is 461 g/mol. The van der Waals surface area contributed by atoms with Crippen LogP contribution in [-0.4, -0.2) is 53.3 Å². The molecule has 0 radical (unpaired) electrons. The van der Waals surface area contributed by atoms with E-state index in [0.29, 0.717) is 16.9 Å². The highest BCUT2D eigenvalue weighted by Crippen LogP contribution is 2.30. The lowest BCUT2D eigenvalue weighted by Crippen LogP contribution is -2.37. The van der Waals surface area contributed by atoms with E-state index in [9.17, 15) is 0 Å². The smallest absolute Gasteiger partial charge is 0.225 e. The molecule has 1 aliphatic carbocycles.